The maximum absolute atomic E-state index is 12.7. The summed E-state index contributed by atoms with van der Waals surface area (Å²) in [5.74, 6) is -2.64. The molecule has 6 aliphatic rings. The van der Waals surface area contributed by atoms with Gasteiger partial charge in [0.15, 0.2) is 5.78 Å². The third kappa shape index (κ3) is 4.43. The summed E-state index contributed by atoms with van der Waals surface area (Å²) in [6.45, 7) is 17.4. The van der Waals surface area contributed by atoms with Crippen molar-refractivity contribution in [2.75, 3.05) is 0 Å². The van der Waals surface area contributed by atoms with Crippen molar-refractivity contribution in [3.63, 3.8) is 0 Å². The summed E-state index contributed by atoms with van der Waals surface area (Å²) in [5.41, 5.74) is -1.52. The van der Waals surface area contributed by atoms with E-state index >= 15 is 0 Å². The molecule has 0 aromatic heterocycles. The fraction of sp³-hybridized carbons (Fsp3) is 0.800. The second-order valence-electron chi connectivity index (χ2n) is 15.5. The van der Waals surface area contributed by atoms with Crippen molar-refractivity contribution in [2.24, 2.45) is 40.4 Å². The van der Waals surface area contributed by atoms with E-state index in [9.17, 15) is 19.5 Å². The lowest BCUT2D eigenvalue weighted by molar-refractivity contribution is -0.396. The average Bonchev–Trinajstić information content (AvgIpc) is 3.34. The highest BCUT2D eigenvalue weighted by Crippen LogP contribution is 2.69. The first-order valence-electron chi connectivity index (χ1n) is 16.5. The molecule has 4 aliphatic carbocycles. The number of ether oxygens (including phenoxy) is 5. The molecule has 0 radical (unpaired) electrons. The van der Waals surface area contributed by atoms with Gasteiger partial charge in [-0.05, 0) is 63.5 Å². The van der Waals surface area contributed by atoms with Crippen LogP contribution >= 0.6 is 0 Å². The zero-order chi connectivity index (χ0) is 32.2. The number of rotatable bonds is 5. The lowest BCUT2D eigenvalue weighted by Gasteiger charge is -2.63. The second kappa shape index (κ2) is 10.2. The summed E-state index contributed by atoms with van der Waals surface area (Å²) in [6.07, 6.45) is 5.86. The van der Waals surface area contributed by atoms with E-state index < -0.39 is 58.2 Å². The molecule has 2 saturated heterocycles. The molecule has 3 saturated carbocycles. The Bertz CT molecular complexity index is 1300. The Labute approximate surface area is 261 Å². The third-order valence-corrected chi connectivity index (χ3v) is 13.0. The number of aliphatic hydroxyl groups is 1. The second-order valence-corrected chi connectivity index (χ2v) is 15.5. The van der Waals surface area contributed by atoms with Crippen LogP contribution in [0.4, 0.5) is 0 Å². The quantitative estimate of drug-likeness (QED) is 0.425. The first kappa shape index (κ1) is 31.9. The van der Waals surface area contributed by atoms with Gasteiger partial charge in [0.1, 0.15) is 17.8 Å². The molecule has 9 nitrogen and oxygen atoms in total. The van der Waals surface area contributed by atoms with Gasteiger partial charge in [0.2, 0.25) is 0 Å². The Kier molecular flexibility index (Phi) is 7.40. The number of allylic oxidation sites excluding steroid dienone is 3. The zero-order valence-corrected chi connectivity index (χ0v) is 27.7. The van der Waals surface area contributed by atoms with Crippen molar-refractivity contribution in [3.8, 4) is 0 Å². The first-order valence-corrected chi connectivity index (χ1v) is 16.5. The molecule has 13 atom stereocenters. The fourth-order valence-electron chi connectivity index (χ4n) is 10.6. The smallest absolute Gasteiger partial charge is 0.303 e. The highest BCUT2D eigenvalue weighted by atomic mass is 16.9. The number of hydrogen-bond acceptors (Lipinski definition) is 9. The molecule has 44 heavy (non-hydrogen) atoms. The molecule has 6 rings (SSSR count). The standard InChI is InChI=1S/C35H50O9/c1-10-35-42-26(17-33(8,44-35)31(5,6)43-35)18(2)23-11-12-24-27-25(40-19(3)36)16-21-15-22(38)13-14-32(21,7)28(27)29(39)30(34(23,24)9)41-20(4)37/h13-15,18,23-30,39H,10-12,16-17H2,1-9H3/t18-,23+,24-,25+,26+,27+,28+,29+,30-,32-,33+,34+,35-/m0/s1. The van der Waals surface area contributed by atoms with Crippen molar-refractivity contribution in [3.05, 3.63) is 23.8 Å². The minimum atomic E-state index is -1.12. The van der Waals surface area contributed by atoms with Crippen LogP contribution in [0.1, 0.15) is 94.4 Å². The predicted molar refractivity (Wildman–Crippen MR) is 160 cm³/mol. The van der Waals surface area contributed by atoms with E-state index in [-0.39, 0.29) is 41.5 Å². The number of carbonyl (C=O) groups is 3. The number of ketones is 1. The number of aliphatic hydroxyl groups excluding tert-OH is 1. The minimum absolute atomic E-state index is 0.0126. The monoisotopic (exact) mass is 614 g/mol. The first-order chi connectivity index (χ1) is 20.4. The molecule has 2 bridgehead atoms. The van der Waals surface area contributed by atoms with Crippen molar-refractivity contribution in [1.29, 1.82) is 0 Å². The van der Waals surface area contributed by atoms with E-state index in [1.807, 2.05) is 19.9 Å². The highest BCUT2D eigenvalue weighted by Gasteiger charge is 2.71. The van der Waals surface area contributed by atoms with Gasteiger partial charge in [-0.25, -0.2) is 0 Å². The van der Waals surface area contributed by atoms with Gasteiger partial charge in [-0.1, -0.05) is 39.3 Å². The summed E-state index contributed by atoms with van der Waals surface area (Å²) >= 11 is 0. The molecule has 0 aromatic carbocycles. The van der Waals surface area contributed by atoms with Gasteiger partial charge in [0.05, 0.1) is 17.8 Å². The molecule has 0 spiro atoms. The molecule has 9 heteroatoms. The number of fused-ring (bicyclic) bond motifs is 7. The van der Waals surface area contributed by atoms with Gasteiger partial charge in [0.25, 0.3) is 5.97 Å². The van der Waals surface area contributed by atoms with Crippen LogP contribution in [-0.4, -0.2) is 64.4 Å². The van der Waals surface area contributed by atoms with E-state index in [2.05, 4.69) is 34.6 Å². The molecule has 5 fully saturated rings. The normalized spacial score (nSPS) is 49.3. The van der Waals surface area contributed by atoms with Crippen molar-refractivity contribution >= 4 is 17.7 Å². The van der Waals surface area contributed by atoms with E-state index in [0.717, 1.165) is 18.4 Å². The van der Waals surface area contributed by atoms with E-state index in [4.69, 9.17) is 23.7 Å². The van der Waals surface area contributed by atoms with Crippen LogP contribution in [0, 0.1) is 40.4 Å². The molecule has 244 valence electrons. The summed E-state index contributed by atoms with van der Waals surface area (Å²) in [6, 6.07) is 0. The Morgan fingerprint density at radius 2 is 1.75 bits per heavy atom. The fourth-order valence-corrected chi connectivity index (χ4v) is 10.6. The SMILES string of the molecule is CC[C@@]12O[C@@H]([C@@H](C)[C@H]3CC[C@H]4[C@H]5[C@H]([C@@H](O)[C@H](OC(C)=O)[C@]34C)[C@@]3(C)C=CC(=O)C=C3C[C@H]5OC(C)=O)C[C@@](C)(O1)C(C)(C)O2. The molecule has 2 heterocycles. The largest absolute Gasteiger partial charge is 0.462 e. The van der Waals surface area contributed by atoms with Crippen LogP contribution in [0.5, 0.6) is 0 Å². The molecular formula is C35H50O9. The van der Waals surface area contributed by atoms with Crippen molar-refractivity contribution in [1.82, 2.24) is 0 Å². The van der Waals surface area contributed by atoms with Crippen molar-refractivity contribution in [2.45, 2.75) is 136 Å². The molecule has 2 aliphatic heterocycles. The highest BCUT2D eigenvalue weighted by molar-refractivity contribution is 6.01. The Morgan fingerprint density at radius 3 is 2.39 bits per heavy atom. The van der Waals surface area contributed by atoms with E-state index in [0.29, 0.717) is 19.3 Å². The van der Waals surface area contributed by atoms with Gasteiger partial charge < -0.3 is 28.8 Å². The minimum Gasteiger partial charge on any atom is -0.462 e. The van der Waals surface area contributed by atoms with E-state index in [1.54, 1.807) is 12.2 Å². The summed E-state index contributed by atoms with van der Waals surface area (Å²) in [5, 5.41) is 12.4. The summed E-state index contributed by atoms with van der Waals surface area (Å²) in [4.78, 5) is 37.6. The van der Waals surface area contributed by atoms with Gasteiger partial charge in [-0.2, -0.15) is 0 Å². The molecular weight excluding hydrogens is 564 g/mol. The molecule has 0 unspecified atom stereocenters. The van der Waals surface area contributed by atoms with Crippen molar-refractivity contribution < 1.29 is 43.2 Å². The maximum Gasteiger partial charge on any atom is 0.303 e. The Morgan fingerprint density at radius 1 is 1.07 bits per heavy atom. The van der Waals surface area contributed by atoms with Gasteiger partial charge in [-0.3, -0.25) is 14.4 Å². The lowest BCUT2D eigenvalue weighted by Crippen LogP contribution is -2.67. The maximum atomic E-state index is 12.7. The third-order valence-electron chi connectivity index (χ3n) is 13.0. The Hall–Kier alpha value is -2.07. The number of esters is 2. The van der Waals surface area contributed by atoms with Crippen LogP contribution < -0.4 is 0 Å². The number of hydrogen-bond donors (Lipinski definition) is 1. The van der Waals surface area contributed by atoms with Gasteiger partial charge >= 0.3 is 11.9 Å². The Balaban J connectivity index is 1.42. The molecule has 0 amide bonds. The van der Waals surface area contributed by atoms with Crippen LogP contribution in [0.25, 0.3) is 0 Å². The van der Waals surface area contributed by atoms with Gasteiger partial charge in [0, 0.05) is 55.8 Å². The number of carbonyl (C=O) groups excluding carboxylic acids is 3. The summed E-state index contributed by atoms with van der Waals surface area (Å²) < 4.78 is 31.8. The zero-order valence-electron chi connectivity index (χ0n) is 27.7. The van der Waals surface area contributed by atoms with Crippen LogP contribution in [-0.2, 0) is 38.1 Å². The molecule has 0 aromatic rings. The van der Waals surface area contributed by atoms with Crippen LogP contribution in [0.2, 0.25) is 0 Å². The topological polar surface area (TPSA) is 118 Å². The average molecular weight is 615 g/mol. The predicted octanol–water partition coefficient (Wildman–Crippen LogP) is 5.04. The van der Waals surface area contributed by atoms with Crippen LogP contribution in [0.3, 0.4) is 0 Å². The van der Waals surface area contributed by atoms with Crippen LogP contribution in [0.15, 0.2) is 23.8 Å². The summed E-state index contributed by atoms with van der Waals surface area (Å²) in [7, 11) is 0. The van der Waals surface area contributed by atoms with Gasteiger partial charge in [-0.15, -0.1) is 0 Å². The lowest BCUT2D eigenvalue weighted by atomic mass is 9.44. The van der Waals surface area contributed by atoms with E-state index in [1.165, 1.54) is 13.8 Å². The molecule has 1 N–H and O–H groups in total.